The van der Waals surface area contributed by atoms with Gasteiger partial charge in [-0.25, -0.2) is 0 Å². The molecule has 1 rings (SSSR count). The van der Waals surface area contributed by atoms with Gasteiger partial charge in [-0.2, -0.15) is 0 Å². The van der Waals surface area contributed by atoms with Crippen LogP contribution in [0.25, 0.3) is 0 Å². The molecule has 1 aliphatic heterocycles. The predicted molar refractivity (Wildman–Crippen MR) is 72.6 cm³/mol. The molecule has 0 aliphatic carbocycles. The van der Waals surface area contributed by atoms with Gasteiger partial charge in [0.05, 0.1) is 5.92 Å². The normalized spacial score (nSPS) is 21.1. The molecule has 0 spiro atoms. The molecule has 0 saturated carbocycles. The first kappa shape index (κ1) is 18.5. The highest BCUT2D eigenvalue weighted by Gasteiger charge is 2.48. The zero-order chi connectivity index (χ0) is 12.0. The Morgan fingerprint density at radius 1 is 1.00 bits per heavy atom. The van der Waals surface area contributed by atoms with Crippen molar-refractivity contribution < 1.29 is 9.59 Å². The third kappa shape index (κ3) is 3.55. The maximum absolute atomic E-state index is 12.1. The minimum atomic E-state index is -0.395. The van der Waals surface area contributed by atoms with Crippen molar-refractivity contribution in [3.63, 3.8) is 0 Å². The van der Waals surface area contributed by atoms with Crippen molar-refractivity contribution in [2.45, 2.75) is 68.4 Å². The van der Waals surface area contributed by atoms with Crippen molar-refractivity contribution in [3.8, 4) is 0 Å². The first-order valence-corrected chi connectivity index (χ1v) is 5.42. The lowest BCUT2D eigenvalue weighted by Crippen LogP contribution is -2.46. The Balaban J connectivity index is 0. The SMILES string of the molecule is C.C.CC(C)(C)C1CC(=O)N(C(C)(C)C)C1=O. The number of rotatable bonds is 0. The van der Waals surface area contributed by atoms with Crippen LogP contribution in [0, 0.1) is 11.3 Å². The summed E-state index contributed by atoms with van der Waals surface area (Å²) in [5.41, 5.74) is -0.527. The van der Waals surface area contributed by atoms with E-state index >= 15 is 0 Å². The van der Waals surface area contributed by atoms with Gasteiger partial charge in [0.25, 0.3) is 0 Å². The summed E-state index contributed by atoms with van der Waals surface area (Å²) in [5, 5.41) is 0. The molecule has 3 nitrogen and oxygen atoms in total. The number of carbonyl (C=O) groups is 2. The Bertz CT molecular complexity index is 294. The summed E-state index contributed by atoms with van der Waals surface area (Å²) >= 11 is 0. The Morgan fingerprint density at radius 2 is 1.41 bits per heavy atom. The molecule has 0 aromatic heterocycles. The first-order chi connectivity index (χ1) is 6.55. The Morgan fingerprint density at radius 3 is 1.59 bits per heavy atom. The van der Waals surface area contributed by atoms with E-state index in [4.69, 9.17) is 0 Å². The maximum Gasteiger partial charge on any atom is 0.233 e. The number of nitrogens with zero attached hydrogens (tertiary/aromatic N) is 1. The minimum Gasteiger partial charge on any atom is -0.277 e. The monoisotopic (exact) mass is 243 g/mol. The minimum absolute atomic E-state index is 0. The molecule has 1 saturated heterocycles. The second-order valence-corrected chi connectivity index (χ2v) is 6.36. The highest BCUT2D eigenvalue weighted by Crippen LogP contribution is 2.37. The lowest BCUT2D eigenvalue weighted by molar-refractivity contribution is -0.145. The molecule has 2 amide bonds. The van der Waals surface area contributed by atoms with Crippen molar-refractivity contribution in [1.29, 1.82) is 0 Å². The fourth-order valence-electron chi connectivity index (χ4n) is 2.01. The van der Waals surface area contributed by atoms with Crippen LogP contribution in [-0.4, -0.2) is 22.3 Å². The summed E-state index contributed by atoms with van der Waals surface area (Å²) in [7, 11) is 0. The van der Waals surface area contributed by atoms with Gasteiger partial charge in [0.2, 0.25) is 11.8 Å². The number of amides is 2. The van der Waals surface area contributed by atoms with E-state index in [1.165, 1.54) is 4.90 Å². The number of hydrogen-bond donors (Lipinski definition) is 0. The van der Waals surface area contributed by atoms with Gasteiger partial charge in [0.15, 0.2) is 0 Å². The zero-order valence-corrected chi connectivity index (χ0v) is 10.5. The lowest BCUT2D eigenvalue weighted by Gasteiger charge is -2.32. The molecular formula is C14H29NO2. The summed E-state index contributed by atoms with van der Waals surface area (Å²) in [6, 6.07) is 0. The summed E-state index contributed by atoms with van der Waals surface area (Å²) in [6.07, 6.45) is 0.361. The Hall–Kier alpha value is -0.860. The number of imide groups is 1. The Kier molecular flexibility index (Phi) is 5.65. The van der Waals surface area contributed by atoms with Crippen molar-refractivity contribution in [3.05, 3.63) is 0 Å². The van der Waals surface area contributed by atoms with Gasteiger partial charge in [-0.3, -0.25) is 14.5 Å². The van der Waals surface area contributed by atoms with Crippen molar-refractivity contribution in [1.82, 2.24) is 4.90 Å². The van der Waals surface area contributed by atoms with Crippen LogP contribution in [0.4, 0.5) is 0 Å². The number of carbonyl (C=O) groups excluding carboxylic acids is 2. The smallest absolute Gasteiger partial charge is 0.233 e. The van der Waals surface area contributed by atoms with Crippen molar-refractivity contribution in [2.24, 2.45) is 11.3 Å². The van der Waals surface area contributed by atoms with E-state index in [1.54, 1.807) is 0 Å². The molecule has 3 heteroatoms. The van der Waals surface area contributed by atoms with E-state index in [0.29, 0.717) is 6.42 Å². The molecule has 0 aromatic carbocycles. The first-order valence-electron chi connectivity index (χ1n) is 5.42. The molecular weight excluding hydrogens is 214 g/mol. The number of hydrogen-bond acceptors (Lipinski definition) is 2. The average Bonchev–Trinajstić information content (AvgIpc) is 2.22. The third-order valence-electron chi connectivity index (χ3n) is 2.86. The molecule has 0 bridgehead atoms. The molecule has 1 unspecified atom stereocenters. The van der Waals surface area contributed by atoms with Crippen LogP contribution in [0.3, 0.4) is 0 Å². The molecule has 1 fully saturated rings. The van der Waals surface area contributed by atoms with Gasteiger partial charge in [-0.15, -0.1) is 0 Å². The fourth-order valence-corrected chi connectivity index (χ4v) is 2.01. The van der Waals surface area contributed by atoms with E-state index in [9.17, 15) is 9.59 Å². The van der Waals surface area contributed by atoms with Crippen LogP contribution in [0.5, 0.6) is 0 Å². The molecule has 0 N–H and O–H groups in total. The summed E-state index contributed by atoms with van der Waals surface area (Å²) in [5.74, 6) is -0.211. The van der Waals surface area contributed by atoms with Crippen LogP contribution < -0.4 is 0 Å². The summed E-state index contributed by atoms with van der Waals surface area (Å²) in [4.78, 5) is 25.3. The maximum atomic E-state index is 12.1. The molecule has 102 valence electrons. The highest BCUT2D eigenvalue weighted by molar-refractivity contribution is 6.04. The van der Waals surface area contributed by atoms with E-state index in [1.807, 2.05) is 41.5 Å². The third-order valence-corrected chi connectivity index (χ3v) is 2.86. The van der Waals surface area contributed by atoms with Crippen LogP contribution in [0.1, 0.15) is 62.8 Å². The van der Waals surface area contributed by atoms with Crippen LogP contribution in [0.2, 0.25) is 0 Å². The Labute approximate surface area is 107 Å². The lowest BCUT2D eigenvalue weighted by atomic mass is 9.80. The van der Waals surface area contributed by atoms with E-state index < -0.39 is 5.54 Å². The fraction of sp³-hybridized carbons (Fsp3) is 0.857. The van der Waals surface area contributed by atoms with Gasteiger partial charge in [-0.05, 0) is 26.2 Å². The predicted octanol–water partition coefficient (Wildman–Crippen LogP) is 3.48. The summed E-state index contributed by atoms with van der Waals surface area (Å²) < 4.78 is 0. The highest BCUT2D eigenvalue weighted by atomic mass is 16.2. The zero-order valence-electron chi connectivity index (χ0n) is 10.5. The van der Waals surface area contributed by atoms with Crippen LogP contribution in [-0.2, 0) is 9.59 Å². The van der Waals surface area contributed by atoms with Crippen LogP contribution >= 0.6 is 0 Å². The van der Waals surface area contributed by atoms with Gasteiger partial charge in [-0.1, -0.05) is 35.6 Å². The molecule has 1 heterocycles. The number of likely N-dealkylation sites (tertiary alicyclic amines) is 1. The molecule has 0 radical (unpaired) electrons. The molecule has 1 aliphatic rings. The van der Waals surface area contributed by atoms with E-state index in [2.05, 4.69) is 0 Å². The van der Waals surface area contributed by atoms with Gasteiger partial charge >= 0.3 is 0 Å². The van der Waals surface area contributed by atoms with Gasteiger partial charge in [0, 0.05) is 12.0 Å². The quantitative estimate of drug-likeness (QED) is 0.611. The molecule has 0 aromatic rings. The topological polar surface area (TPSA) is 37.4 Å². The second-order valence-electron chi connectivity index (χ2n) is 6.36. The molecule has 1 atom stereocenters. The van der Waals surface area contributed by atoms with E-state index in [-0.39, 0.29) is 38.0 Å². The van der Waals surface area contributed by atoms with Crippen molar-refractivity contribution in [2.75, 3.05) is 0 Å². The van der Waals surface area contributed by atoms with Gasteiger partial charge < -0.3 is 0 Å². The second kappa shape index (κ2) is 5.19. The van der Waals surface area contributed by atoms with Gasteiger partial charge in [0.1, 0.15) is 0 Å². The largest absolute Gasteiger partial charge is 0.277 e. The standard InChI is InChI=1S/C12H21NO2.2CH4/c1-11(2,3)8-7-9(14)13(10(8)15)12(4,5)6;;/h8H,7H2,1-6H3;2*1H4. The van der Waals surface area contributed by atoms with Crippen molar-refractivity contribution >= 4 is 11.8 Å². The average molecular weight is 243 g/mol. The van der Waals surface area contributed by atoms with Crippen LogP contribution in [0.15, 0.2) is 0 Å². The molecule has 17 heavy (non-hydrogen) atoms. The van der Waals surface area contributed by atoms with E-state index in [0.717, 1.165) is 0 Å². The summed E-state index contributed by atoms with van der Waals surface area (Å²) in [6.45, 7) is 11.7.